The third-order valence-electron chi connectivity index (χ3n) is 2.70. The molecular weight excluding hydrogens is 259 g/mol. The summed E-state index contributed by atoms with van der Waals surface area (Å²) >= 11 is 0. The van der Waals surface area contributed by atoms with E-state index in [1.54, 1.807) is 18.2 Å². The van der Waals surface area contributed by atoms with E-state index in [2.05, 4.69) is 10.2 Å². The summed E-state index contributed by atoms with van der Waals surface area (Å²) in [5.41, 5.74) is 6.98. The highest BCUT2D eigenvalue weighted by Crippen LogP contribution is 2.35. The van der Waals surface area contributed by atoms with E-state index in [0.29, 0.717) is 22.5 Å². The van der Waals surface area contributed by atoms with E-state index in [1.165, 1.54) is 6.07 Å². The maximum Gasteiger partial charge on any atom is 0.449 e. The number of hydrogen-bond donors (Lipinski definition) is 2. The smallest absolute Gasteiger partial charge is 0.449 e. The number of furan rings is 1. The Labute approximate surface area is 105 Å². The predicted octanol–water partition coefficient (Wildman–Crippen LogP) is 3.42. The average Bonchev–Trinajstić information content (AvgIpc) is 2.92. The van der Waals surface area contributed by atoms with E-state index in [4.69, 9.17) is 10.2 Å². The molecule has 7 heteroatoms. The Morgan fingerprint density at radius 3 is 2.58 bits per heavy atom. The van der Waals surface area contributed by atoms with Crippen LogP contribution in [0.1, 0.15) is 5.76 Å². The number of benzene rings is 1. The minimum atomic E-state index is -4.49. The number of aromatic nitrogens is 2. The molecule has 2 aromatic heterocycles. The lowest BCUT2D eigenvalue weighted by Crippen LogP contribution is -2.01. The van der Waals surface area contributed by atoms with Crippen LogP contribution < -0.4 is 5.73 Å². The van der Waals surface area contributed by atoms with Crippen molar-refractivity contribution in [3.63, 3.8) is 0 Å². The van der Waals surface area contributed by atoms with Crippen LogP contribution in [-0.2, 0) is 6.18 Å². The van der Waals surface area contributed by atoms with Gasteiger partial charge in [-0.25, -0.2) is 0 Å². The highest BCUT2D eigenvalue weighted by Gasteiger charge is 2.35. The fourth-order valence-electron chi connectivity index (χ4n) is 1.84. The van der Waals surface area contributed by atoms with Crippen LogP contribution in [0, 0.1) is 0 Å². The molecule has 3 N–H and O–H groups in total. The van der Waals surface area contributed by atoms with Gasteiger partial charge >= 0.3 is 6.18 Å². The third-order valence-corrected chi connectivity index (χ3v) is 2.70. The molecule has 98 valence electrons. The van der Waals surface area contributed by atoms with Crippen molar-refractivity contribution in [2.45, 2.75) is 6.18 Å². The van der Waals surface area contributed by atoms with E-state index in [1.807, 2.05) is 0 Å². The maximum absolute atomic E-state index is 12.5. The first-order chi connectivity index (χ1) is 8.93. The van der Waals surface area contributed by atoms with Crippen LogP contribution in [0.25, 0.3) is 22.2 Å². The van der Waals surface area contributed by atoms with Crippen LogP contribution in [0.3, 0.4) is 0 Å². The number of halogens is 3. The predicted molar refractivity (Wildman–Crippen MR) is 63.2 cm³/mol. The summed E-state index contributed by atoms with van der Waals surface area (Å²) in [7, 11) is 0. The number of hydrogen-bond acceptors (Lipinski definition) is 3. The number of nitrogen functional groups attached to an aromatic ring is 1. The monoisotopic (exact) mass is 267 g/mol. The molecule has 0 radical (unpaired) electrons. The van der Waals surface area contributed by atoms with Crippen LogP contribution in [0.5, 0.6) is 0 Å². The van der Waals surface area contributed by atoms with Crippen molar-refractivity contribution in [1.29, 1.82) is 0 Å². The second kappa shape index (κ2) is 3.78. The Balaban J connectivity index is 2.11. The van der Waals surface area contributed by atoms with Crippen molar-refractivity contribution in [3.8, 4) is 11.3 Å². The molecule has 19 heavy (non-hydrogen) atoms. The molecule has 0 aliphatic rings. The first kappa shape index (κ1) is 11.6. The molecule has 4 nitrogen and oxygen atoms in total. The average molecular weight is 267 g/mol. The second-order valence-electron chi connectivity index (χ2n) is 4.07. The summed E-state index contributed by atoms with van der Waals surface area (Å²) in [5.74, 6) is -0.693. The molecule has 0 aliphatic carbocycles. The van der Waals surface area contributed by atoms with Gasteiger partial charge in [0.1, 0.15) is 11.4 Å². The van der Waals surface area contributed by atoms with E-state index >= 15 is 0 Å². The number of nitrogens with zero attached hydrogens (tertiary/aromatic N) is 1. The number of nitrogens with two attached hydrogens (primary N) is 1. The molecular formula is C12H8F3N3O. The van der Waals surface area contributed by atoms with Gasteiger partial charge in [0.05, 0.1) is 5.69 Å². The standard InChI is InChI=1S/C12H8F3N3O/c13-12(14,15)10-4-7-3-6(1-2-9(7)19-10)8-5-11(16)18-17-8/h1-5H,(H3,16,17,18). The molecule has 3 aromatic rings. The number of fused-ring (bicyclic) bond motifs is 1. The topological polar surface area (TPSA) is 67.8 Å². The first-order valence-electron chi connectivity index (χ1n) is 5.35. The first-order valence-corrected chi connectivity index (χ1v) is 5.35. The van der Waals surface area contributed by atoms with Crippen LogP contribution in [-0.4, -0.2) is 10.2 Å². The Hall–Kier alpha value is -2.44. The Bertz CT molecular complexity index is 742. The van der Waals surface area contributed by atoms with E-state index in [9.17, 15) is 13.2 Å². The summed E-state index contributed by atoms with van der Waals surface area (Å²) in [4.78, 5) is 0. The van der Waals surface area contributed by atoms with Gasteiger partial charge in [0.15, 0.2) is 0 Å². The molecule has 0 saturated heterocycles. The van der Waals surface area contributed by atoms with Crippen molar-refractivity contribution < 1.29 is 17.6 Å². The minimum absolute atomic E-state index is 0.184. The zero-order valence-corrected chi connectivity index (χ0v) is 9.45. The highest BCUT2D eigenvalue weighted by molar-refractivity contribution is 5.83. The van der Waals surface area contributed by atoms with Crippen molar-refractivity contribution in [1.82, 2.24) is 10.2 Å². The van der Waals surface area contributed by atoms with Crippen molar-refractivity contribution >= 4 is 16.8 Å². The van der Waals surface area contributed by atoms with Crippen LogP contribution >= 0.6 is 0 Å². The number of anilines is 1. The van der Waals surface area contributed by atoms with Gasteiger partial charge in [-0.1, -0.05) is 0 Å². The van der Waals surface area contributed by atoms with Crippen molar-refractivity contribution in [2.24, 2.45) is 0 Å². The van der Waals surface area contributed by atoms with Crippen molar-refractivity contribution in [3.05, 3.63) is 36.1 Å². The number of alkyl halides is 3. The fourth-order valence-corrected chi connectivity index (χ4v) is 1.84. The molecule has 0 saturated carbocycles. The molecule has 0 atom stereocenters. The SMILES string of the molecule is Nc1cc(-c2ccc3oc(C(F)(F)F)cc3c2)[nH]n1. The molecule has 0 aliphatic heterocycles. The quantitative estimate of drug-likeness (QED) is 0.709. The number of rotatable bonds is 1. The lowest BCUT2D eigenvalue weighted by atomic mass is 10.1. The van der Waals surface area contributed by atoms with Gasteiger partial charge < -0.3 is 10.2 Å². The molecule has 1 aromatic carbocycles. The van der Waals surface area contributed by atoms with Crippen LogP contribution in [0.2, 0.25) is 0 Å². The molecule has 2 heterocycles. The highest BCUT2D eigenvalue weighted by atomic mass is 19.4. The van der Waals surface area contributed by atoms with Gasteiger partial charge in [0.2, 0.25) is 5.76 Å². The molecule has 0 fully saturated rings. The lowest BCUT2D eigenvalue weighted by Gasteiger charge is -1.98. The van der Waals surface area contributed by atoms with Crippen LogP contribution in [0.15, 0.2) is 34.7 Å². The summed E-state index contributed by atoms with van der Waals surface area (Å²) in [5, 5.41) is 6.84. The summed E-state index contributed by atoms with van der Waals surface area (Å²) < 4.78 is 42.3. The lowest BCUT2D eigenvalue weighted by molar-refractivity contribution is -0.152. The van der Waals surface area contributed by atoms with Crippen LogP contribution in [0.4, 0.5) is 19.0 Å². The molecule has 3 rings (SSSR count). The number of nitrogens with one attached hydrogen (secondary N) is 1. The Morgan fingerprint density at radius 2 is 1.95 bits per heavy atom. The number of aromatic amines is 1. The second-order valence-corrected chi connectivity index (χ2v) is 4.07. The molecule has 0 bridgehead atoms. The normalized spacial score (nSPS) is 12.2. The zero-order chi connectivity index (χ0) is 13.6. The van der Waals surface area contributed by atoms with Gasteiger partial charge in [-0.05, 0) is 24.3 Å². The largest absolute Gasteiger partial charge is 0.452 e. The molecule has 0 amide bonds. The summed E-state index contributed by atoms with van der Waals surface area (Å²) in [6.07, 6.45) is -4.49. The third kappa shape index (κ3) is 2.03. The molecule has 0 spiro atoms. The molecule has 0 unspecified atom stereocenters. The van der Waals surface area contributed by atoms with Gasteiger partial charge in [-0.2, -0.15) is 18.3 Å². The fraction of sp³-hybridized carbons (Fsp3) is 0.0833. The van der Waals surface area contributed by atoms with E-state index in [-0.39, 0.29) is 5.58 Å². The Kier molecular flexibility index (Phi) is 2.31. The summed E-state index contributed by atoms with van der Waals surface area (Å²) in [6, 6.07) is 7.28. The van der Waals surface area contributed by atoms with Crippen molar-refractivity contribution in [2.75, 3.05) is 5.73 Å². The maximum atomic E-state index is 12.5. The van der Waals surface area contributed by atoms with E-state index in [0.717, 1.165) is 6.07 Å². The van der Waals surface area contributed by atoms with E-state index < -0.39 is 11.9 Å². The van der Waals surface area contributed by atoms with Gasteiger partial charge in [-0.15, -0.1) is 0 Å². The zero-order valence-electron chi connectivity index (χ0n) is 9.45. The van der Waals surface area contributed by atoms with Gasteiger partial charge in [0.25, 0.3) is 0 Å². The van der Waals surface area contributed by atoms with Gasteiger partial charge in [0, 0.05) is 17.0 Å². The van der Waals surface area contributed by atoms with Gasteiger partial charge in [-0.3, -0.25) is 5.10 Å². The summed E-state index contributed by atoms with van der Waals surface area (Å²) in [6.45, 7) is 0. The Morgan fingerprint density at radius 1 is 1.16 bits per heavy atom. The number of H-pyrrole nitrogens is 1. The minimum Gasteiger partial charge on any atom is -0.452 e.